The Kier molecular flexibility index (Phi) is 3.26. The fraction of sp³-hybridized carbons (Fsp3) is 0.400. The average Bonchev–Trinajstić information content (AvgIpc) is 3.05. The van der Waals surface area contributed by atoms with E-state index in [1.54, 1.807) is 4.68 Å². The van der Waals surface area contributed by atoms with E-state index in [9.17, 15) is 4.79 Å². The van der Waals surface area contributed by atoms with Crippen LogP contribution < -0.4 is 5.32 Å². The van der Waals surface area contributed by atoms with Crippen LogP contribution in [0.3, 0.4) is 0 Å². The summed E-state index contributed by atoms with van der Waals surface area (Å²) < 4.78 is 1.80. The Balaban J connectivity index is 1.81. The number of aromatic nitrogens is 3. The van der Waals surface area contributed by atoms with Gasteiger partial charge in [-0.2, -0.15) is 5.10 Å². The van der Waals surface area contributed by atoms with Crippen molar-refractivity contribution in [1.29, 1.82) is 0 Å². The van der Waals surface area contributed by atoms with E-state index in [-0.39, 0.29) is 11.8 Å². The summed E-state index contributed by atoms with van der Waals surface area (Å²) in [6, 6.07) is 6.08. The van der Waals surface area contributed by atoms with Gasteiger partial charge in [0.1, 0.15) is 12.2 Å². The van der Waals surface area contributed by atoms with E-state index in [2.05, 4.69) is 15.4 Å². The zero-order valence-corrected chi connectivity index (χ0v) is 11.8. The van der Waals surface area contributed by atoms with E-state index in [0.29, 0.717) is 6.42 Å². The second-order valence-electron chi connectivity index (χ2n) is 5.36. The molecule has 0 unspecified atom stereocenters. The summed E-state index contributed by atoms with van der Waals surface area (Å²) >= 11 is 0. The molecule has 1 aliphatic rings. The first-order valence-corrected chi connectivity index (χ1v) is 6.93. The number of rotatable bonds is 4. The lowest BCUT2D eigenvalue weighted by molar-refractivity contribution is 0.0989. The normalized spacial score (nSPS) is 13.3. The van der Waals surface area contributed by atoms with Crippen LogP contribution >= 0.6 is 0 Å². The monoisotopic (exact) mass is 270 g/mol. The van der Waals surface area contributed by atoms with Gasteiger partial charge < -0.3 is 5.32 Å². The number of anilines is 1. The highest BCUT2D eigenvalue weighted by atomic mass is 16.1. The Morgan fingerprint density at radius 2 is 2.30 bits per heavy atom. The molecule has 2 heterocycles. The fourth-order valence-corrected chi connectivity index (χ4v) is 2.56. The molecule has 5 heteroatoms. The van der Waals surface area contributed by atoms with Crippen LogP contribution in [-0.2, 0) is 12.8 Å². The van der Waals surface area contributed by atoms with Gasteiger partial charge >= 0.3 is 0 Å². The molecule has 1 aliphatic heterocycles. The van der Waals surface area contributed by atoms with Gasteiger partial charge in [0.15, 0.2) is 5.78 Å². The van der Waals surface area contributed by atoms with Gasteiger partial charge in [-0.05, 0) is 44.0 Å². The number of fused-ring (bicyclic) bond motifs is 1. The predicted octanol–water partition coefficient (Wildman–Crippen LogP) is 2.25. The van der Waals surface area contributed by atoms with Gasteiger partial charge in [-0.1, -0.05) is 0 Å². The van der Waals surface area contributed by atoms with Crippen molar-refractivity contribution >= 4 is 11.5 Å². The van der Waals surface area contributed by atoms with Crippen LogP contribution in [0.15, 0.2) is 24.5 Å². The molecule has 0 bridgehead atoms. The molecule has 0 aliphatic carbocycles. The van der Waals surface area contributed by atoms with Crippen molar-refractivity contribution in [3.8, 4) is 0 Å². The Morgan fingerprint density at radius 1 is 1.45 bits per heavy atom. The van der Waals surface area contributed by atoms with Crippen molar-refractivity contribution in [2.75, 3.05) is 11.9 Å². The van der Waals surface area contributed by atoms with E-state index < -0.39 is 0 Å². The summed E-state index contributed by atoms with van der Waals surface area (Å²) in [7, 11) is 0. The van der Waals surface area contributed by atoms with Crippen LogP contribution in [0.2, 0.25) is 0 Å². The van der Waals surface area contributed by atoms with Crippen LogP contribution in [0.1, 0.15) is 41.6 Å². The third kappa shape index (κ3) is 2.31. The molecule has 0 fully saturated rings. The molecule has 20 heavy (non-hydrogen) atoms. The lowest BCUT2D eigenvalue weighted by Crippen LogP contribution is -2.13. The third-order valence-corrected chi connectivity index (χ3v) is 3.59. The van der Waals surface area contributed by atoms with E-state index in [1.807, 2.05) is 32.0 Å². The number of carbonyl (C=O) groups excluding carboxylic acids is 1. The van der Waals surface area contributed by atoms with Crippen molar-refractivity contribution in [3.63, 3.8) is 0 Å². The van der Waals surface area contributed by atoms with Crippen molar-refractivity contribution in [2.24, 2.45) is 0 Å². The third-order valence-electron chi connectivity index (χ3n) is 3.59. The quantitative estimate of drug-likeness (QED) is 0.866. The molecular weight excluding hydrogens is 252 g/mol. The van der Waals surface area contributed by atoms with Crippen LogP contribution in [0.4, 0.5) is 5.69 Å². The Morgan fingerprint density at radius 3 is 3.10 bits per heavy atom. The fourth-order valence-electron chi connectivity index (χ4n) is 2.56. The van der Waals surface area contributed by atoms with Crippen LogP contribution in [0, 0.1) is 0 Å². The highest BCUT2D eigenvalue weighted by molar-refractivity contribution is 5.97. The highest BCUT2D eigenvalue weighted by Gasteiger charge is 2.16. The van der Waals surface area contributed by atoms with Crippen molar-refractivity contribution < 1.29 is 4.79 Å². The molecule has 2 aromatic rings. The first-order valence-electron chi connectivity index (χ1n) is 6.93. The van der Waals surface area contributed by atoms with E-state index in [1.165, 1.54) is 11.9 Å². The van der Waals surface area contributed by atoms with Crippen LogP contribution in [0.25, 0.3) is 0 Å². The topological polar surface area (TPSA) is 59.8 Å². The van der Waals surface area contributed by atoms with Crippen molar-refractivity contribution in [2.45, 2.75) is 32.7 Å². The molecule has 1 aromatic carbocycles. The van der Waals surface area contributed by atoms with Gasteiger partial charge in [-0.3, -0.25) is 4.79 Å². The maximum Gasteiger partial charge on any atom is 0.170 e. The maximum absolute atomic E-state index is 12.4. The zero-order valence-electron chi connectivity index (χ0n) is 11.8. The lowest BCUT2D eigenvalue weighted by Gasteiger charge is -2.09. The molecule has 0 saturated heterocycles. The van der Waals surface area contributed by atoms with E-state index in [4.69, 9.17) is 0 Å². The Hall–Kier alpha value is -2.17. The van der Waals surface area contributed by atoms with E-state index in [0.717, 1.165) is 30.0 Å². The van der Waals surface area contributed by atoms with Gasteiger partial charge in [-0.25, -0.2) is 9.67 Å². The Labute approximate surface area is 118 Å². The van der Waals surface area contributed by atoms with Gasteiger partial charge in [0.05, 0.1) is 6.42 Å². The van der Waals surface area contributed by atoms with Crippen molar-refractivity contribution in [3.05, 3.63) is 41.5 Å². The number of nitrogens with one attached hydrogen (secondary N) is 1. The molecule has 0 saturated carbocycles. The summed E-state index contributed by atoms with van der Waals surface area (Å²) in [6.45, 7) is 5.02. The summed E-state index contributed by atoms with van der Waals surface area (Å²) in [5.74, 6) is 0.818. The minimum Gasteiger partial charge on any atom is -0.384 e. The average molecular weight is 270 g/mol. The summed E-state index contributed by atoms with van der Waals surface area (Å²) in [5.41, 5.74) is 3.12. The zero-order chi connectivity index (χ0) is 14.1. The molecular formula is C15H18N4O. The Bertz CT molecular complexity index is 645. The number of Topliss-reactive ketones (excluding diaryl/α,β-unsaturated/α-hetero) is 1. The smallest absolute Gasteiger partial charge is 0.170 e. The molecule has 0 atom stereocenters. The molecule has 3 rings (SSSR count). The summed E-state index contributed by atoms with van der Waals surface area (Å²) in [6.07, 6.45) is 2.79. The molecule has 1 N–H and O–H groups in total. The predicted molar refractivity (Wildman–Crippen MR) is 77.1 cm³/mol. The second kappa shape index (κ2) is 5.07. The minimum atomic E-state index is 0.0922. The first kappa shape index (κ1) is 12.8. The first-order chi connectivity index (χ1) is 9.65. The molecule has 5 nitrogen and oxygen atoms in total. The standard InChI is InChI=1S/C15H18N4O/c1-10(2)19-15(17-9-18-19)8-14(20)12-3-4-13-11(7-12)5-6-16-13/h3-4,7,9-10,16H,5-6,8H2,1-2H3. The molecule has 0 spiro atoms. The van der Waals surface area contributed by atoms with Crippen molar-refractivity contribution in [1.82, 2.24) is 14.8 Å². The van der Waals surface area contributed by atoms with Gasteiger partial charge in [0.2, 0.25) is 0 Å². The maximum atomic E-state index is 12.4. The molecule has 104 valence electrons. The number of ketones is 1. The number of benzene rings is 1. The summed E-state index contributed by atoms with van der Waals surface area (Å²) in [4.78, 5) is 16.6. The van der Waals surface area contributed by atoms with Crippen LogP contribution in [0.5, 0.6) is 0 Å². The lowest BCUT2D eigenvalue weighted by atomic mass is 10.0. The number of hydrogen-bond acceptors (Lipinski definition) is 4. The van der Waals surface area contributed by atoms with Gasteiger partial charge in [0.25, 0.3) is 0 Å². The molecule has 0 amide bonds. The SMILES string of the molecule is CC(C)n1ncnc1CC(=O)c1ccc2c(c1)CCN2. The molecule has 0 radical (unpaired) electrons. The summed E-state index contributed by atoms with van der Waals surface area (Å²) in [5, 5.41) is 7.46. The number of carbonyl (C=O) groups is 1. The number of hydrogen-bond donors (Lipinski definition) is 1. The van der Waals surface area contributed by atoms with Gasteiger partial charge in [-0.15, -0.1) is 0 Å². The van der Waals surface area contributed by atoms with Crippen LogP contribution in [-0.4, -0.2) is 27.1 Å². The highest BCUT2D eigenvalue weighted by Crippen LogP contribution is 2.23. The van der Waals surface area contributed by atoms with E-state index >= 15 is 0 Å². The largest absolute Gasteiger partial charge is 0.384 e. The second-order valence-corrected chi connectivity index (χ2v) is 5.36. The van der Waals surface area contributed by atoms with Gasteiger partial charge in [0, 0.05) is 23.8 Å². The molecule has 1 aromatic heterocycles. The minimum absolute atomic E-state index is 0.0922. The number of nitrogens with zero attached hydrogens (tertiary/aromatic N) is 3.